The first kappa shape index (κ1) is 24.6. The number of hydrogen-bond donors (Lipinski definition) is 4. The number of halogens is 1. The minimum Gasteiger partial charge on any atom is -0.390 e. The summed E-state index contributed by atoms with van der Waals surface area (Å²) in [6.07, 6.45) is 5.78. The summed E-state index contributed by atoms with van der Waals surface area (Å²) < 4.78 is 17.1. The molecule has 4 N–H and O–H groups in total. The first-order chi connectivity index (χ1) is 15.5. The van der Waals surface area contributed by atoms with Crippen LogP contribution in [0.4, 0.5) is 4.39 Å². The number of amides is 1. The van der Waals surface area contributed by atoms with Gasteiger partial charge in [-0.1, -0.05) is 32.4 Å². The minimum absolute atomic E-state index is 0.00231. The summed E-state index contributed by atoms with van der Waals surface area (Å²) in [6.45, 7) is 9.44. The molecule has 8 unspecified atom stereocenters. The third-order valence-electron chi connectivity index (χ3n) is 9.58. The van der Waals surface area contributed by atoms with Gasteiger partial charge in [-0.3, -0.25) is 9.59 Å². The average molecular weight is 463 g/mol. The van der Waals surface area contributed by atoms with E-state index in [2.05, 4.69) is 17.6 Å². The Morgan fingerprint density at radius 2 is 1.97 bits per heavy atom. The maximum Gasteiger partial charge on any atom is 0.252 e. The zero-order chi connectivity index (χ0) is 24.2. The van der Waals surface area contributed by atoms with Crippen molar-refractivity contribution in [3.63, 3.8) is 0 Å². The fourth-order valence-corrected chi connectivity index (χ4v) is 7.73. The topological polar surface area (TPSA) is 98.7 Å². The summed E-state index contributed by atoms with van der Waals surface area (Å²) in [6, 6.07) is 0. The average Bonchev–Trinajstić information content (AvgIpc) is 2.96. The lowest BCUT2D eigenvalue weighted by atomic mass is 9.44. The third kappa shape index (κ3) is 3.22. The van der Waals surface area contributed by atoms with Crippen molar-refractivity contribution in [2.75, 3.05) is 19.6 Å². The number of fused-ring (bicyclic) bond motifs is 5. The van der Waals surface area contributed by atoms with Gasteiger partial charge >= 0.3 is 0 Å². The summed E-state index contributed by atoms with van der Waals surface area (Å²) in [5.74, 6) is -1.70. The van der Waals surface area contributed by atoms with Crippen molar-refractivity contribution in [1.82, 2.24) is 10.6 Å². The monoisotopic (exact) mass is 462 g/mol. The number of aliphatic hydroxyl groups is 2. The van der Waals surface area contributed by atoms with E-state index >= 15 is 4.39 Å². The van der Waals surface area contributed by atoms with Gasteiger partial charge in [0.15, 0.2) is 17.1 Å². The number of nitrogens with one attached hydrogen (secondary N) is 2. The number of carbonyl (C=O) groups is 2. The second kappa shape index (κ2) is 8.28. The first-order valence-electron chi connectivity index (χ1n) is 12.5. The molecular formula is C26H39FN2O4. The van der Waals surface area contributed by atoms with Gasteiger partial charge in [-0.2, -0.15) is 0 Å². The lowest BCUT2D eigenvalue weighted by Gasteiger charge is -2.62. The van der Waals surface area contributed by atoms with E-state index in [0.29, 0.717) is 32.4 Å². The minimum atomic E-state index is -1.95. The van der Waals surface area contributed by atoms with Gasteiger partial charge in [0, 0.05) is 29.8 Å². The number of hydrogen-bond acceptors (Lipinski definition) is 5. The SMILES string of the molecule is CCCNCCNC(=O)C1(O)C(C)CC2C3CCC4=CC(=O)C=CC4(C)C3(F)C(O)CC21C. The van der Waals surface area contributed by atoms with Gasteiger partial charge in [0.05, 0.1) is 6.10 Å². The molecule has 4 aliphatic carbocycles. The highest BCUT2D eigenvalue weighted by Gasteiger charge is 2.75. The fourth-order valence-electron chi connectivity index (χ4n) is 7.73. The summed E-state index contributed by atoms with van der Waals surface area (Å²) in [7, 11) is 0. The van der Waals surface area contributed by atoms with Crippen molar-refractivity contribution in [3.8, 4) is 0 Å². The number of aliphatic hydroxyl groups excluding tert-OH is 1. The first-order valence-corrected chi connectivity index (χ1v) is 12.5. The van der Waals surface area contributed by atoms with Crippen LogP contribution in [-0.2, 0) is 9.59 Å². The molecule has 0 spiro atoms. The molecule has 0 aromatic rings. The van der Waals surface area contributed by atoms with E-state index in [1.165, 1.54) is 12.2 Å². The van der Waals surface area contributed by atoms with Crippen LogP contribution in [0.1, 0.15) is 59.8 Å². The van der Waals surface area contributed by atoms with E-state index in [1.807, 2.05) is 13.8 Å². The van der Waals surface area contributed by atoms with Gasteiger partial charge in [0.1, 0.15) is 0 Å². The second-order valence-corrected chi connectivity index (χ2v) is 11.2. The Morgan fingerprint density at radius 1 is 1.24 bits per heavy atom. The van der Waals surface area contributed by atoms with Crippen molar-refractivity contribution in [1.29, 1.82) is 0 Å². The Kier molecular flexibility index (Phi) is 6.16. The van der Waals surface area contributed by atoms with E-state index in [-0.39, 0.29) is 24.0 Å². The highest BCUT2D eigenvalue weighted by molar-refractivity contribution is 6.01. The molecule has 0 bridgehead atoms. The predicted molar refractivity (Wildman–Crippen MR) is 124 cm³/mol. The zero-order valence-corrected chi connectivity index (χ0v) is 20.3. The third-order valence-corrected chi connectivity index (χ3v) is 9.58. The zero-order valence-electron chi connectivity index (χ0n) is 20.3. The molecule has 4 aliphatic rings. The van der Waals surface area contributed by atoms with Gasteiger partial charge in [0.25, 0.3) is 5.91 Å². The summed E-state index contributed by atoms with van der Waals surface area (Å²) in [4.78, 5) is 25.3. The molecule has 1 amide bonds. The van der Waals surface area contributed by atoms with Crippen LogP contribution in [0, 0.1) is 28.6 Å². The Labute approximate surface area is 196 Å². The van der Waals surface area contributed by atoms with E-state index in [1.54, 1.807) is 13.0 Å². The van der Waals surface area contributed by atoms with Crippen molar-refractivity contribution < 1.29 is 24.2 Å². The van der Waals surface area contributed by atoms with Gasteiger partial charge in [-0.15, -0.1) is 0 Å². The van der Waals surface area contributed by atoms with E-state index in [0.717, 1.165) is 18.5 Å². The van der Waals surface area contributed by atoms with Crippen molar-refractivity contribution in [3.05, 3.63) is 23.8 Å². The van der Waals surface area contributed by atoms with Gasteiger partial charge < -0.3 is 20.8 Å². The standard InChI is InChI=1S/C26H39FN2O4/c1-5-10-28-11-12-29-22(32)26(33)16(2)13-20-19-7-6-17-14-18(30)8-9-23(17,3)25(19,27)21(31)15-24(20,26)4/h8-9,14,16,19-21,28,31,33H,5-7,10-13,15H2,1-4H3,(H,29,32). The Morgan fingerprint density at radius 3 is 2.67 bits per heavy atom. The lowest BCUT2D eigenvalue weighted by Crippen LogP contribution is -2.70. The summed E-state index contributed by atoms with van der Waals surface area (Å²) >= 11 is 0. The van der Waals surface area contributed by atoms with Gasteiger partial charge in [0.2, 0.25) is 0 Å². The molecule has 0 aromatic heterocycles. The second-order valence-electron chi connectivity index (χ2n) is 11.2. The molecule has 7 heteroatoms. The Bertz CT molecular complexity index is 890. The van der Waals surface area contributed by atoms with Crippen LogP contribution < -0.4 is 10.6 Å². The van der Waals surface area contributed by atoms with Crippen LogP contribution in [0.25, 0.3) is 0 Å². The van der Waals surface area contributed by atoms with E-state index in [9.17, 15) is 19.8 Å². The molecule has 184 valence electrons. The molecule has 3 saturated carbocycles. The van der Waals surface area contributed by atoms with Gasteiger partial charge in [-0.25, -0.2) is 4.39 Å². The van der Waals surface area contributed by atoms with Crippen LogP contribution in [0.2, 0.25) is 0 Å². The van der Waals surface area contributed by atoms with E-state index < -0.39 is 40.0 Å². The van der Waals surface area contributed by atoms with Crippen LogP contribution in [-0.4, -0.2) is 58.9 Å². The van der Waals surface area contributed by atoms with E-state index in [4.69, 9.17) is 0 Å². The van der Waals surface area contributed by atoms with Crippen LogP contribution in [0.5, 0.6) is 0 Å². The molecule has 3 fully saturated rings. The quantitative estimate of drug-likeness (QED) is 0.455. The molecule has 0 aliphatic heterocycles. The number of rotatable bonds is 6. The molecule has 4 rings (SSSR count). The molecule has 0 saturated heterocycles. The molecule has 0 aromatic carbocycles. The largest absolute Gasteiger partial charge is 0.390 e. The molecule has 0 heterocycles. The Hall–Kier alpha value is -1.57. The van der Waals surface area contributed by atoms with Crippen molar-refractivity contribution in [2.45, 2.75) is 77.2 Å². The molecular weight excluding hydrogens is 423 g/mol. The maximum atomic E-state index is 17.1. The van der Waals surface area contributed by atoms with Crippen LogP contribution in [0.3, 0.4) is 0 Å². The molecule has 0 radical (unpaired) electrons. The molecule has 6 nitrogen and oxygen atoms in total. The van der Waals surface area contributed by atoms with Crippen LogP contribution in [0.15, 0.2) is 23.8 Å². The van der Waals surface area contributed by atoms with Gasteiger partial charge in [-0.05, 0) is 69.6 Å². The number of carbonyl (C=O) groups excluding carboxylic acids is 2. The highest BCUT2D eigenvalue weighted by Crippen LogP contribution is 2.70. The number of ketones is 1. The van der Waals surface area contributed by atoms with Crippen LogP contribution >= 0.6 is 0 Å². The normalized spacial score (nSPS) is 46.3. The molecule has 8 atom stereocenters. The fraction of sp³-hybridized carbons (Fsp3) is 0.769. The van der Waals surface area contributed by atoms with Crippen molar-refractivity contribution >= 4 is 11.7 Å². The summed E-state index contributed by atoms with van der Waals surface area (Å²) in [5.41, 5.74) is -4.92. The predicted octanol–water partition coefficient (Wildman–Crippen LogP) is 2.45. The highest BCUT2D eigenvalue weighted by atomic mass is 19.1. The maximum absolute atomic E-state index is 17.1. The number of alkyl halides is 1. The molecule has 33 heavy (non-hydrogen) atoms. The lowest BCUT2D eigenvalue weighted by molar-refractivity contribution is -0.219. The number of allylic oxidation sites excluding steroid dienone is 4. The summed E-state index contributed by atoms with van der Waals surface area (Å²) in [5, 5.41) is 29.3. The van der Waals surface area contributed by atoms with Crippen molar-refractivity contribution in [2.24, 2.45) is 28.6 Å². The smallest absolute Gasteiger partial charge is 0.252 e. The Balaban J connectivity index is 1.64.